The predicted molar refractivity (Wildman–Crippen MR) is 111 cm³/mol. The van der Waals surface area contributed by atoms with Crippen molar-refractivity contribution in [1.82, 2.24) is 14.5 Å². The van der Waals surface area contributed by atoms with Gasteiger partial charge in [0.25, 0.3) is 0 Å². The van der Waals surface area contributed by atoms with Crippen molar-refractivity contribution in [2.45, 2.75) is 50.7 Å². The molecule has 2 heterocycles. The molecule has 164 valence electrons. The zero-order chi connectivity index (χ0) is 21.6. The standard InChI is InChI=1S/C23H27FN4O3/c1-30-14-22(5-6-22)12-28-13-23(31-21(28)29)4-2-3-16(9-23)11-27-15-26-19-8-18(24)17(10-25)7-20(19)27/h7-8,15-16H,2-6,9,11-14H2,1H3. The first-order chi connectivity index (χ1) is 14.9. The molecule has 2 aliphatic carbocycles. The number of hydrogen-bond donors (Lipinski definition) is 0. The van der Waals surface area contributed by atoms with Crippen LogP contribution in [0.4, 0.5) is 9.18 Å². The van der Waals surface area contributed by atoms with Gasteiger partial charge in [-0.25, -0.2) is 14.2 Å². The molecule has 1 aliphatic heterocycles. The van der Waals surface area contributed by atoms with E-state index < -0.39 is 11.4 Å². The molecule has 1 spiro atoms. The molecule has 2 saturated carbocycles. The van der Waals surface area contributed by atoms with Crippen LogP contribution in [0, 0.1) is 28.5 Å². The Morgan fingerprint density at radius 2 is 2.23 bits per heavy atom. The summed E-state index contributed by atoms with van der Waals surface area (Å²) in [4.78, 5) is 18.8. The van der Waals surface area contributed by atoms with Crippen molar-refractivity contribution in [2.24, 2.45) is 11.3 Å². The minimum atomic E-state index is -0.545. The third-order valence-electron chi connectivity index (χ3n) is 7.17. The third-order valence-corrected chi connectivity index (χ3v) is 7.17. The number of hydrogen-bond acceptors (Lipinski definition) is 5. The second-order valence-corrected chi connectivity index (χ2v) is 9.63. The summed E-state index contributed by atoms with van der Waals surface area (Å²) in [6.07, 6.45) is 7.43. The predicted octanol–water partition coefficient (Wildman–Crippen LogP) is 3.85. The summed E-state index contributed by atoms with van der Waals surface area (Å²) < 4.78 is 27.2. The number of amides is 1. The number of nitrogens with zero attached hydrogens (tertiary/aromatic N) is 4. The molecule has 0 radical (unpaired) electrons. The molecule has 1 amide bonds. The smallest absolute Gasteiger partial charge is 0.410 e. The summed E-state index contributed by atoms with van der Waals surface area (Å²) in [7, 11) is 1.71. The van der Waals surface area contributed by atoms with Crippen LogP contribution in [0.25, 0.3) is 11.0 Å². The van der Waals surface area contributed by atoms with E-state index in [4.69, 9.17) is 14.7 Å². The van der Waals surface area contributed by atoms with Crippen molar-refractivity contribution in [3.05, 3.63) is 29.8 Å². The van der Waals surface area contributed by atoms with Crippen molar-refractivity contribution in [2.75, 3.05) is 26.8 Å². The van der Waals surface area contributed by atoms with Crippen LogP contribution in [-0.4, -0.2) is 53.0 Å². The zero-order valence-corrected chi connectivity index (χ0v) is 17.8. The van der Waals surface area contributed by atoms with E-state index in [1.165, 1.54) is 6.07 Å². The molecule has 5 rings (SSSR count). The second kappa shape index (κ2) is 7.49. The minimum Gasteiger partial charge on any atom is -0.441 e. The largest absolute Gasteiger partial charge is 0.441 e. The lowest BCUT2D eigenvalue weighted by Crippen LogP contribution is -2.41. The van der Waals surface area contributed by atoms with Crippen LogP contribution in [0.1, 0.15) is 44.1 Å². The van der Waals surface area contributed by atoms with Crippen molar-refractivity contribution in [1.29, 1.82) is 5.26 Å². The Morgan fingerprint density at radius 3 is 2.97 bits per heavy atom. The van der Waals surface area contributed by atoms with E-state index in [1.807, 2.05) is 15.5 Å². The van der Waals surface area contributed by atoms with E-state index in [9.17, 15) is 9.18 Å². The van der Waals surface area contributed by atoms with Crippen LogP contribution in [0.15, 0.2) is 18.5 Å². The van der Waals surface area contributed by atoms with Crippen molar-refractivity contribution in [3.8, 4) is 6.07 Å². The highest BCUT2D eigenvalue weighted by Crippen LogP contribution is 2.48. The monoisotopic (exact) mass is 426 g/mol. The van der Waals surface area contributed by atoms with E-state index >= 15 is 0 Å². The normalized spacial score (nSPS) is 26.9. The average molecular weight is 426 g/mol. The molecular formula is C23H27FN4O3. The summed E-state index contributed by atoms with van der Waals surface area (Å²) in [6.45, 7) is 2.74. The number of carbonyl (C=O) groups excluding carboxylic acids is 1. The number of fused-ring (bicyclic) bond motifs is 1. The Hall–Kier alpha value is -2.66. The van der Waals surface area contributed by atoms with Gasteiger partial charge < -0.3 is 18.9 Å². The fraction of sp³-hybridized carbons (Fsp3) is 0.609. The molecular weight excluding hydrogens is 399 g/mol. The van der Waals surface area contributed by atoms with Crippen molar-refractivity contribution in [3.63, 3.8) is 0 Å². The fourth-order valence-corrected chi connectivity index (χ4v) is 5.47. The van der Waals surface area contributed by atoms with Crippen LogP contribution < -0.4 is 0 Å². The van der Waals surface area contributed by atoms with Crippen LogP contribution in [0.2, 0.25) is 0 Å². The number of aromatic nitrogens is 2. The van der Waals surface area contributed by atoms with Gasteiger partial charge in [0.1, 0.15) is 17.5 Å². The summed E-state index contributed by atoms with van der Waals surface area (Å²) in [6, 6.07) is 4.79. The van der Waals surface area contributed by atoms with Crippen LogP contribution >= 0.6 is 0 Å². The molecule has 1 saturated heterocycles. The molecule has 1 aromatic carbocycles. The molecule has 31 heavy (non-hydrogen) atoms. The average Bonchev–Trinajstić information content (AvgIpc) is 3.29. The lowest BCUT2D eigenvalue weighted by molar-refractivity contribution is 0.00410. The Labute approximate surface area is 180 Å². The Morgan fingerprint density at radius 1 is 1.39 bits per heavy atom. The van der Waals surface area contributed by atoms with Gasteiger partial charge >= 0.3 is 6.09 Å². The zero-order valence-electron chi connectivity index (χ0n) is 17.8. The first-order valence-electron chi connectivity index (χ1n) is 11.0. The summed E-state index contributed by atoms with van der Waals surface area (Å²) >= 11 is 0. The van der Waals surface area contributed by atoms with Gasteiger partial charge in [0.15, 0.2) is 0 Å². The molecule has 0 N–H and O–H groups in total. The topological polar surface area (TPSA) is 80.4 Å². The van der Waals surface area contributed by atoms with E-state index in [-0.39, 0.29) is 17.1 Å². The van der Waals surface area contributed by atoms with Crippen LogP contribution in [0.5, 0.6) is 0 Å². The number of halogens is 1. The highest BCUT2D eigenvalue weighted by molar-refractivity contribution is 5.77. The second-order valence-electron chi connectivity index (χ2n) is 9.63. The highest BCUT2D eigenvalue weighted by atomic mass is 19.1. The summed E-state index contributed by atoms with van der Waals surface area (Å²) in [5.41, 5.74) is 1.02. The van der Waals surface area contributed by atoms with Crippen molar-refractivity contribution >= 4 is 17.1 Å². The first-order valence-corrected chi connectivity index (χ1v) is 11.0. The van der Waals surface area contributed by atoms with Gasteiger partial charge in [0.05, 0.1) is 36.1 Å². The molecule has 3 fully saturated rings. The van der Waals surface area contributed by atoms with Crippen molar-refractivity contribution < 1.29 is 18.7 Å². The molecule has 0 bridgehead atoms. The molecule has 2 aromatic rings. The quantitative estimate of drug-likeness (QED) is 0.701. The van der Waals surface area contributed by atoms with Gasteiger partial charge in [-0.3, -0.25) is 0 Å². The molecule has 2 atom stereocenters. The lowest BCUT2D eigenvalue weighted by Gasteiger charge is -2.36. The van der Waals surface area contributed by atoms with E-state index in [0.717, 1.165) is 44.0 Å². The molecule has 7 nitrogen and oxygen atoms in total. The summed E-state index contributed by atoms with van der Waals surface area (Å²) in [5.74, 6) is -0.222. The SMILES string of the molecule is COCC1(CN2CC3(CCCC(Cn4cnc5cc(F)c(C#N)cc54)C3)OC2=O)CC1. The Balaban J connectivity index is 1.29. The van der Waals surface area contributed by atoms with Gasteiger partial charge in [0.2, 0.25) is 0 Å². The maximum Gasteiger partial charge on any atom is 0.410 e. The number of rotatable bonds is 6. The van der Waals surface area contributed by atoms with Crippen LogP contribution in [-0.2, 0) is 16.0 Å². The molecule has 8 heteroatoms. The number of carbonyl (C=O) groups is 1. The Kier molecular flexibility index (Phi) is 4.89. The third kappa shape index (κ3) is 3.76. The van der Waals surface area contributed by atoms with Gasteiger partial charge in [-0.05, 0) is 50.5 Å². The molecule has 2 unspecified atom stereocenters. The maximum atomic E-state index is 13.9. The number of imidazole rings is 1. The first kappa shape index (κ1) is 20.3. The number of ether oxygens (including phenoxy) is 2. The van der Waals surface area contributed by atoms with Gasteiger partial charge in [-0.15, -0.1) is 0 Å². The Bertz CT molecular complexity index is 1060. The molecule has 3 aliphatic rings. The summed E-state index contributed by atoms with van der Waals surface area (Å²) in [5, 5.41) is 9.15. The number of methoxy groups -OCH3 is 1. The maximum absolute atomic E-state index is 13.9. The van der Waals surface area contributed by atoms with Crippen LogP contribution in [0.3, 0.4) is 0 Å². The van der Waals surface area contributed by atoms with Gasteiger partial charge in [0, 0.05) is 31.7 Å². The van der Waals surface area contributed by atoms with Gasteiger partial charge in [-0.2, -0.15) is 5.26 Å². The molecule has 1 aromatic heterocycles. The van der Waals surface area contributed by atoms with Gasteiger partial charge in [-0.1, -0.05) is 0 Å². The number of nitriles is 1. The van der Waals surface area contributed by atoms with E-state index in [1.54, 1.807) is 19.5 Å². The number of benzene rings is 1. The highest BCUT2D eigenvalue weighted by Gasteiger charge is 2.52. The minimum absolute atomic E-state index is 0.0276. The van der Waals surface area contributed by atoms with E-state index in [2.05, 4.69) is 4.98 Å². The fourth-order valence-electron chi connectivity index (χ4n) is 5.47. The lowest BCUT2D eigenvalue weighted by atomic mass is 9.78. The van der Waals surface area contributed by atoms with E-state index in [0.29, 0.717) is 37.7 Å².